The van der Waals surface area contributed by atoms with Gasteiger partial charge in [0.1, 0.15) is 15.6 Å². The predicted octanol–water partition coefficient (Wildman–Crippen LogP) is 5.19. The number of nitrogens with zero attached hydrogens (tertiary/aromatic N) is 3. The van der Waals surface area contributed by atoms with Crippen LogP contribution in [-0.4, -0.2) is 62.0 Å². The molecule has 1 amide bonds. The zero-order chi connectivity index (χ0) is 26.9. The van der Waals surface area contributed by atoms with Crippen LogP contribution in [0.2, 0.25) is 5.02 Å². The van der Waals surface area contributed by atoms with E-state index in [1.807, 2.05) is 14.1 Å². The van der Waals surface area contributed by atoms with Gasteiger partial charge < -0.3 is 15.5 Å². The molecule has 0 radical (unpaired) electrons. The lowest BCUT2D eigenvalue weighted by atomic mass is 9.91. The molecular weight excluding hydrogens is 550 g/mol. The minimum atomic E-state index is -3.59. The fourth-order valence-corrected chi connectivity index (χ4v) is 9.48. The highest BCUT2D eigenvalue weighted by Crippen LogP contribution is 2.43. The van der Waals surface area contributed by atoms with Crippen molar-refractivity contribution in [3.05, 3.63) is 21.2 Å². The smallest absolute Gasteiger partial charge is 0.263 e. The fraction of sp³-hybridized carbons (Fsp3) is 0.640. The first kappa shape index (κ1) is 28.4. The summed E-state index contributed by atoms with van der Waals surface area (Å²) in [6, 6.07) is 0.245. The molecule has 2 aromatic heterocycles. The molecule has 37 heavy (non-hydrogen) atoms. The van der Waals surface area contributed by atoms with E-state index in [9.17, 15) is 13.2 Å². The summed E-state index contributed by atoms with van der Waals surface area (Å²) in [5.41, 5.74) is 2.43. The lowest BCUT2D eigenvalue weighted by Gasteiger charge is -2.30. The molecule has 12 heteroatoms. The first-order chi connectivity index (χ1) is 17.5. The number of halogens is 1. The summed E-state index contributed by atoms with van der Waals surface area (Å²) in [6.45, 7) is 3.24. The number of amides is 1. The van der Waals surface area contributed by atoms with Gasteiger partial charge in [-0.05, 0) is 71.5 Å². The number of anilines is 2. The van der Waals surface area contributed by atoms with Gasteiger partial charge in [0.25, 0.3) is 5.91 Å². The summed E-state index contributed by atoms with van der Waals surface area (Å²) in [6.07, 6.45) is 9.55. The molecule has 1 saturated carbocycles. The lowest BCUT2D eigenvalue weighted by Crippen LogP contribution is -2.40. The summed E-state index contributed by atoms with van der Waals surface area (Å²) in [7, 11) is 0.459. The van der Waals surface area contributed by atoms with Gasteiger partial charge in [-0.2, -0.15) is 4.98 Å². The van der Waals surface area contributed by atoms with Crippen LogP contribution in [0.4, 0.5) is 11.8 Å². The van der Waals surface area contributed by atoms with Crippen LogP contribution in [0.1, 0.15) is 73.3 Å². The number of aromatic nitrogens is 2. The van der Waals surface area contributed by atoms with E-state index in [2.05, 4.69) is 15.5 Å². The fourth-order valence-electron chi connectivity index (χ4n) is 4.96. The number of hydrogen-bond donors (Lipinski definition) is 2. The van der Waals surface area contributed by atoms with E-state index in [1.165, 1.54) is 30.2 Å². The van der Waals surface area contributed by atoms with E-state index >= 15 is 0 Å². The van der Waals surface area contributed by atoms with Crippen molar-refractivity contribution in [2.45, 2.75) is 91.7 Å². The summed E-state index contributed by atoms with van der Waals surface area (Å²) in [4.78, 5) is 25.2. The SMILES string of the molecule is CSc1sc(C(=O)NC2CCC(Nc3nc4c(c(N(C)C)n3)CCCC4)CC2)c(Cl)c1S(=O)(=O)C(C)C. The molecule has 1 fully saturated rings. The Morgan fingerprint density at radius 2 is 1.76 bits per heavy atom. The molecular formula is C25H36ClN5O3S3. The van der Waals surface area contributed by atoms with Crippen molar-refractivity contribution in [3.8, 4) is 0 Å². The van der Waals surface area contributed by atoms with E-state index < -0.39 is 15.1 Å². The normalized spacial score (nSPS) is 20.0. The number of carbonyl (C=O) groups is 1. The zero-order valence-corrected chi connectivity index (χ0v) is 25.3. The number of carbonyl (C=O) groups excluding carboxylic acids is 1. The van der Waals surface area contributed by atoms with Crippen LogP contribution < -0.4 is 15.5 Å². The minimum Gasteiger partial charge on any atom is -0.362 e. The van der Waals surface area contributed by atoms with Gasteiger partial charge in [-0.1, -0.05) is 11.6 Å². The summed E-state index contributed by atoms with van der Waals surface area (Å²) in [5.74, 6) is 1.38. The van der Waals surface area contributed by atoms with Crippen LogP contribution >= 0.6 is 34.7 Å². The van der Waals surface area contributed by atoms with Gasteiger partial charge in [-0.15, -0.1) is 23.1 Å². The van der Waals surface area contributed by atoms with Gasteiger partial charge in [-0.25, -0.2) is 13.4 Å². The van der Waals surface area contributed by atoms with Crippen molar-refractivity contribution in [2.75, 3.05) is 30.6 Å². The summed E-state index contributed by atoms with van der Waals surface area (Å²) < 4.78 is 26.2. The molecule has 0 saturated heterocycles. The van der Waals surface area contributed by atoms with Gasteiger partial charge in [0.15, 0.2) is 9.84 Å². The highest BCUT2D eigenvalue weighted by molar-refractivity contribution is 8.01. The first-order valence-corrected chi connectivity index (χ1v) is 16.7. The number of sulfone groups is 1. The second-order valence-corrected chi connectivity index (χ2v) is 15.1. The molecule has 0 spiro atoms. The third-order valence-electron chi connectivity index (χ3n) is 7.06. The molecule has 0 bridgehead atoms. The maximum absolute atomic E-state index is 13.1. The highest BCUT2D eigenvalue weighted by atomic mass is 35.5. The summed E-state index contributed by atoms with van der Waals surface area (Å²) in [5, 5.41) is 6.05. The van der Waals surface area contributed by atoms with Gasteiger partial charge >= 0.3 is 0 Å². The molecule has 4 rings (SSSR count). The molecule has 204 valence electrons. The molecule has 0 aromatic carbocycles. The van der Waals surface area contributed by atoms with Crippen LogP contribution in [0.25, 0.3) is 0 Å². The maximum Gasteiger partial charge on any atom is 0.263 e. The molecule has 8 nitrogen and oxygen atoms in total. The number of thiophene rings is 1. The second kappa shape index (κ2) is 11.7. The first-order valence-electron chi connectivity index (χ1n) is 12.8. The van der Waals surface area contributed by atoms with E-state index in [0.717, 1.165) is 61.4 Å². The maximum atomic E-state index is 13.1. The Bertz CT molecular complexity index is 1250. The predicted molar refractivity (Wildman–Crippen MR) is 154 cm³/mol. The van der Waals surface area contributed by atoms with Crippen molar-refractivity contribution in [3.63, 3.8) is 0 Å². The van der Waals surface area contributed by atoms with Crippen molar-refractivity contribution in [1.29, 1.82) is 0 Å². The standard InChI is InChI=1S/C25H36ClN5O3S3/c1-14(2)37(33,34)21-19(26)20(36-24(21)35-5)23(32)27-15-10-12-16(13-11-15)28-25-29-18-9-7-6-8-17(18)22(30-25)31(3)4/h14-16H,6-13H2,1-5H3,(H,27,32)(H,28,29,30). The van der Waals surface area contributed by atoms with E-state index in [1.54, 1.807) is 20.1 Å². The lowest BCUT2D eigenvalue weighted by molar-refractivity contribution is 0.0930. The van der Waals surface area contributed by atoms with Crippen molar-refractivity contribution in [2.24, 2.45) is 0 Å². The molecule has 0 unspecified atom stereocenters. The third kappa shape index (κ3) is 6.04. The second-order valence-electron chi connectivity index (χ2n) is 10.2. The Morgan fingerprint density at radius 3 is 2.38 bits per heavy atom. The Kier molecular flexibility index (Phi) is 8.97. The Hall–Kier alpha value is -1.56. The largest absolute Gasteiger partial charge is 0.362 e. The van der Waals surface area contributed by atoms with Gasteiger partial charge in [0, 0.05) is 31.7 Å². The molecule has 0 atom stereocenters. The zero-order valence-electron chi connectivity index (χ0n) is 22.1. The van der Waals surface area contributed by atoms with Crippen molar-refractivity contribution < 1.29 is 13.2 Å². The van der Waals surface area contributed by atoms with E-state index in [-0.39, 0.29) is 32.8 Å². The van der Waals surface area contributed by atoms with Crippen LogP contribution in [0.15, 0.2) is 9.10 Å². The minimum absolute atomic E-state index is 0.00777. The monoisotopic (exact) mass is 585 g/mol. The molecule has 0 aliphatic heterocycles. The number of aryl methyl sites for hydroxylation is 1. The van der Waals surface area contributed by atoms with Gasteiger partial charge in [-0.3, -0.25) is 4.79 Å². The van der Waals surface area contributed by atoms with Gasteiger partial charge in [0.05, 0.1) is 20.2 Å². The molecule has 2 N–H and O–H groups in total. The Morgan fingerprint density at radius 1 is 1.11 bits per heavy atom. The highest BCUT2D eigenvalue weighted by Gasteiger charge is 2.33. The number of hydrogen-bond acceptors (Lipinski definition) is 9. The Labute approximate surface area is 233 Å². The summed E-state index contributed by atoms with van der Waals surface area (Å²) >= 11 is 8.93. The number of nitrogens with one attached hydrogen (secondary N) is 2. The van der Waals surface area contributed by atoms with E-state index in [0.29, 0.717) is 10.2 Å². The van der Waals surface area contributed by atoms with E-state index in [4.69, 9.17) is 21.6 Å². The van der Waals surface area contributed by atoms with Crippen LogP contribution in [0.5, 0.6) is 0 Å². The number of rotatable bonds is 8. The average molecular weight is 586 g/mol. The Balaban J connectivity index is 1.40. The molecule has 2 heterocycles. The third-order valence-corrected chi connectivity index (χ3v) is 12.4. The topological polar surface area (TPSA) is 104 Å². The van der Waals surface area contributed by atoms with Crippen LogP contribution in [0, 0.1) is 0 Å². The molecule has 2 aliphatic carbocycles. The van der Waals surface area contributed by atoms with Crippen LogP contribution in [-0.2, 0) is 22.7 Å². The molecule has 2 aromatic rings. The van der Waals surface area contributed by atoms with Crippen molar-refractivity contribution >= 4 is 62.2 Å². The number of thioether (sulfide) groups is 1. The molecule has 2 aliphatic rings. The van der Waals surface area contributed by atoms with Gasteiger partial charge in [0.2, 0.25) is 5.95 Å². The quantitative estimate of drug-likeness (QED) is 0.408. The van der Waals surface area contributed by atoms with Crippen molar-refractivity contribution in [1.82, 2.24) is 15.3 Å². The number of fused-ring (bicyclic) bond motifs is 1. The van der Waals surface area contributed by atoms with Crippen LogP contribution in [0.3, 0.4) is 0 Å². The average Bonchev–Trinajstić information content (AvgIpc) is 3.21.